The highest BCUT2D eigenvalue weighted by Gasteiger charge is 2.16. The number of ether oxygens (including phenoxy) is 1. The van der Waals surface area contributed by atoms with Crippen LogP contribution in [0.1, 0.15) is 29.8 Å². The SMILES string of the molecule is CC(C)Oc1ccc(C(Br)c2cccc(Cl)c2F)cc1. The first-order valence-corrected chi connectivity index (χ1v) is 7.63. The molecular weight excluding hydrogens is 343 g/mol. The highest BCUT2D eigenvalue weighted by molar-refractivity contribution is 9.09. The van der Waals surface area contributed by atoms with Gasteiger partial charge in [-0.25, -0.2) is 4.39 Å². The van der Waals surface area contributed by atoms with Gasteiger partial charge in [0, 0.05) is 5.56 Å². The van der Waals surface area contributed by atoms with Gasteiger partial charge in [-0.3, -0.25) is 0 Å². The van der Waals surface area contributed by atoms with Crippen molar-refractivity contribution in [2.45, 2.75) is 24.8 Å². The highest BCUT2D eigenvalue weighted by atomic mass is 79.9. The van der Waals surface area contributed by atoms with E-state index in [9.17, 15) is 4.39 Å². The maximum absolute atomic E-state index is 14.0. The number of alkyl halides is 1. The second kappa shape index (κ2) is 6.59. The molecule has 1 nitrogen and oxygen atoms in total. The molecule has 20 heavy (non-hydrogen) atoms. The first-order valence-electron chi connectivity index (χ1n) is 6.33. The van der Waals surface area contributed by atoms with Gasteiger partial charge in [-0.05, 0) is 37.6 Å². The van der Waals surface area contributed by atoms with Crippen molar-refractivity contribution >= 4 is 27.5 Å². The molecular formula is C16H15BrClFO. The van der Waals surface area contributed by atoms with Crippen LogP contribution in [-0.4, -0.2) is 6.10 Å². The average molecular weight is 358 g/mol. The standard InChI is InChI=1S/C16H15BrClFO/c1-10(2)20-12-8-6-11(7-9-12)15(17)13-4-3-5-14(18)16(13)19/h3-10,15H,1-2H3. The molecule has 0 aliphatic heterocycles. The van der Waals surface area contributed by atoms with Gasteiger partial charge in [0.05, 0.1) is 16.0 Å². The second-order valence-electron chi connectivity index (χ2n) is 4.74. The Morgan fingerprint density at radius 1 is 1.10 bits per heavy atom. The van der Waals surface area contributed by atoms with Crippen LogP contribution in [0.25, 0.3) is 0 Å². The third kappa shape index (κ3) is 3.53. The fraction of sp³-hybridized carbons (Fsp3) is 0.250. The molecule has 0 fully saturated rings. The molecule has 0 aliphatic rings. The van der Waals surface area contributed by atoms with E-state index < -0.39 is 5.82 Å². The molecule has 2 aromatic rings. The van der Waals surface area contributed by atoms with Crippen LogP contribution in [0.4, 0.5) is 4.39 Å². The molecule has 4 heteroatoms. The first-order chi connectivity index (χ1) is 9.49. The quantitative estimate of drug-likeness (QED) is 0.633. The van der Waals surface area contributed by atoms with Crippen LogP contribution in [0.5, 0.6) is 5.75 Å². The lowest BCUT2D eigenvalue weighted by atomic mass is 10.0. The molecule has 0 spiro atoms. The summed E-state index contributed by atoms with van der Waals surface area (Å²) >= 11 is 9.33. The Bertz CT molecular complexity index is 584. The van der Waals surface area contributed by atoms with Gasteiger partial charge in [-0.2, -0.15) is 0 Å². The van der Waals surface area contributed by atoms with Crippen molar-refractivity contribution in [2.24, 2.45) is 0 Å². The predicted molar refractivity (Wildman–Crippen MR) is 84.4 cm³/mol. The highest BCUT2D eigenvalue weighted by Crippen LogP contribution is 2.35. The molecule has 1 unspecified atom stereocenters. The summed E-state index contributed by atoms with van der Waals surface area (Å²) in [4.78, 5) is -0.241. The Kier molecular flexibility index (Phi) is 5.06. The van der Waals surface area contributed by atoms with Crippen molar-refractivity contribution < 1.29 is 9.13 Å². The maximum Gasteiger partial charge on any atom is 0.146 e. The molecule has 0 N–H and O–H groups in total. The fourth-order valence-corrected chi connectivity index (χ4v) is 2.72. The molecule has 0 aromatic heterocycles. The molecule has 0 amide bonds. The van der Waals surface area contributed by atoms with Crippen LogP contribution in [-0.2, 0) is 0 Å². The monoisotopic (exact) mass is 356 g/mol. The van der Waals surface area contributed by atoms with E-state index >= 15 is 0 Å². The maximum atomic E-state index is 14.0. The Morgan fingerprint density at radius 3 is 2.35 bits per heavy atom. The second-order valence-corrected chi connectivity index (χ2v) is 6.06. The summed E-state index contributed by atoms with van der Waals surface area (Å²) in [6.45, 7) is 3.95. The van der Waals surface area contributed by atoms with E-state index in [-0.39, 0.29) is 16.0 Å². The molecule has 2 rings (SSSR count). The summed E-state index contributed by atoms with van der Waals surface area (Å²) in [6.07, 6.45) is 0.131. The van der Waals surface area contributed by atoms with Gasteiger partial charge in [0.1, 0.15) is 11.6 Å². The minimum Gasteiger partial charge on any atom is -0.491 e. The number of hydrogen-bond donors (Lipinski definition) is 0. The van der Waals surface area contributed by atoms with Crippen LogP contribution in [0.15, 0.2) is 42.5 Å². The zero-order valence-electron chi connectivity index (χ0n) is 11.2. The van der Waals surface area contributed by atoms with E-state index in [0.717, 1.165) is 11.3 Å². The number of benzene rings is 2. The summed E-state index contributed by atoms with van der Waals surface area (Å²) < 4.78 is 19.6. The van der Waals surface area contributed by atoms with Crippen LogP contribution in [0.3, 0.4) is 0 Å². The number of hydrogen-bond acceptors (Lipinski definition) is 1. The van der Waals surface area contributed by atoms with Crippen LogP contribution in [0, 0.1) is 5.82 Å². The van der Waals surface area contributed by atoms with Crippen LogP contribution < -0.4 is 4.74 Å². The van der Waals surface area contributed by atoms with Crippen molar-refractivity contribution in [3.63, 3.8) is 0 Å². The van der Waals surface area contributed by atoms with Gasteiger partial charge < -0.3 is 4.74 Å². The lowest BCUT2D eigenvalue weighted by Gasteiger charge is -2.14. The molecule has 106 valence electrons. The third-order valence-electron chi connectivity index (χ3n) is 2.80. The molecule has 1 atom stereocenters. The molecule has 0 saturated carbocycles. The van der Waals surface area contributed by atoms with Crippen molar-refractivity contribution in [1.82, 2.24) is 0 Å². The minimum absolute atomic E-state index is 0.131. The lowest BCUT2D eigenvalue weighted by Crippen LogP contribution is -2.05. The number of halogens is 3. The number of rotatable bonds is 4. The van der Waals surface area contributed by atoms with Gasteiger partial charge in [-0.15, -0.1) is 0 Å². The smallest absolute Gasteiger partial charge is 0.146 e. The normalized spacial score (nSPS) is 12.5. The Balaban J connectivity index is 2.25. The van der Waals surface area contributed by atoms with Gasteiger partial charge in [-0.1, -0.05) is 51.8 Å². The Hall–Kier alpha value is -1.06. The fourth-order valence-electron chi connectivity index (χ4n) is 1.88. The van der Waals surface area contributed by atoms with E-state index in [2.05, 4.69) is 15.9 Å². The first kappa shape index (κ1) is 15.3. The van der Waals surface area contributed by atoms with Crippen LogP contribution in [0.2, 0.25) is 5.02 Å². The van der Waals surface area contributed by atoms with Crippen molar-refractivity contribution in [3.8, 4) is 5.75 Å². The molecule has 0 saturated heterocycles. The van der Waals surface area contributed by atoms with E-state index in [1.807, 2.05) is 38.1 Å². The summed E-state index contributed by atoms with van der Waals surface area (Å²) in [5.74, 6) is 0.411. The Morgan fingerprint density at radius 2 is 1.75 bits per heavy atom. The van der Waals surface area contributed by atoms with Crippen molar-refractivity contribution in [2.75, 3.05) is 0 Å². The van der Waals surface area contributed by atoms with E-state index in [4.69, 9.17) is 16.3 Å². The van der Waals surface area contributed by atoms with Crippen LogP contribution >= 0.6 is 27.5 Å². The molecule has 0 radical (unpaired) electrons. The molecule has 0 heterocycles. The van der Waals surface area contributed by atoms with E-state index in [0.29, 0.717) is 5.56 Å². The van der Waals surface area contributed by atoms with Gasteiger partial charge in [0.25, 0.3) is 0 Å². The summed E-state index contributed by atoms with van der Waals surface area (Å²) in [5.41, 5.74) is 1.47. The van der Waals surface area contributed by atoms with E-state index in [1.54, 1.807) is 18.2 Å². The Labute approximate surface area is 131 Å². The molecule has 0 aliphatic carbocycles. The largest absolute Gasteiger partial charge is 0.491 e. The average Bonchev–Trinajstić information content (AvgIpc) is 2.41. The predicted octanol–water partition coefficient (Wildman–Crippen LogP) is 5.75. The van der Waals surface area contributed by atoms with E-state index in [1.165, 1.54) is 0 Å². The summed E-state index contributed by atoms with van der Waals surface area (Å²) in [7, 11) is 0. The zero-order chi connectivity index (χ0) is 14.7. The summed E-state index contributed by atoms with van der Waals surface area (Å²) in [5, 5.41) is 0.131. The topological polar surface area (TPSA) is 9.23 Å². The summed E-state index contributed by atoms with van der Waals surface area (Å²) in [6, 6.07) is 12.6. The zero-order valence-corrected chi connectivity index (χ0v) is 13.6. The molecule has 2 aromatic carbocycles. The lowest BCUT2D eigenvalue weighted by molar-refractivity contribution is 0.242. The van der Waals surface area contributed by atoms with Gasteiger partial charge in [0.2, 0.25) is 0 Å². The van der Waals surface area contributed by atoms with Crippen molar-refractivity contribution in [3.05, 3.63) is 64.4 Å². The van der Waals surface area contributed by atoms with Gasteiger partial charge >= 0.3 is 0 Å². The minimum atomic E-state index is -0.390. The molecule has 0 bridgehead atoms. The third-order valence-corrected chi connectivity index (χ3v) is 4.11. The van der Waals surface area contributed by atoms with Crippen molar-refractivity contribution in [1.29, 1.82) is 0 Å². The van der Waals surface area contributed by atoms with Gasteiger partial charge in [0.15, 0.2) is 0 Å².